The molecule has 0 aliphatic carbocycles. The molecule has 1 heterocycles. The van der Waals surface area contributed by atoms with E-state index in [0.29, 0.717) is 0 Å². The molecule has 0 fully saturated rings. The molecule has 0 aliphatic heterocycles. The zero-order chi connectivity index (χ0) is 42.1. The van der Waals surface area contributed by atoms with Crippen molar-refractivity contribution < 1.29 is 0 Å². The molecule has 0 saturated heterocycles. The summed E-state index contributed by atoms with van der Waals surface area (Å²) < 4.78 is 2.44. The molecule has 15 aromatic carbocycles. The van der Waals surface area contributed by atoms with E-state index in [2.05, 4.69) is 217 Å². The number of hydrogen-bond donors (Lipinski definition) is 0. The highest BCUT2D eigenvalue weighted by Gasteiger charge is 2.26. The molecule has 296 valence electrons. The van der Waals surface area contributed by atoms with E-state index in [1.54, 1.807) is 0 Å². The Morgan fingerprint density at radius 2 is 0.738 bits per heavy atom. The van der Waals surface area contributed by atoms with Gasteiger partial charge in [-0.2, -0.15) is 0 Å². The zero-order valence-corrected chi connectivity index (χ0v) is 35.2. The van der Waals surface area contributed by atoms with E-state index in [4.69, 9.17) is 0 Å². The molecular formula is C64H35N. The number of rotatable bonds is 3. The molecular weight excluding hydrogens is 783 g/mol. The Morgan fingerprint density at radius 1 is 0.215 bits per heavy atom. The minimum absolute atomic E-state index is 1.17. The van der Waals surface area contributed by atoms with E-state index < -0.39 is 0 Å². The highest BCUT2D eigenvalue weighted by atomic mass is 15.0. The molecule has 16 rings (SSSR count). The second-order valence-electron chi connectivity index (χ2n) is 18.3. The van der Waals surface area contributed by atoms with Gasteiger partial charge in [-0.1, -0.05) is 164 Å². The molecule has 0 bridgehead atoms. The number of benzene rings is 13. The first-order valence-corrected chi connectivity index (χ1v) is 22.8. The fourth-order valence-electron chi connectivity index (χ4n) is 12.6. The molecule has 0 amide bonds. The number of aromatic nitrogens is 1. The maximum Gasteiger partial charge on any atom is 0.0541 e. The quantitative estimate of drug-likeness (QED) is 0.157. The summed E-state index contributed by atoms with van der Waals surface area (Å²) in [6, 6.07) is 80.3. The highest BCUT2D eigenvalue weighted by molar-refractivity contribution is 6.45. The summed E-state index contributed by atoms with van der Waals surface area (Å²) >= 11 is 0. The van der Waals surface area contributed by atoms with Gasteiger partial charge in [0.15, 0.2) is 0 Å². The van der Waals surface area contributed by atoms with Gasteiger partial charge in [0.25, 0.3) is 0 Å². The van der Waals surface area contributed by atoms with Crippen molar-refractivity contribution in [3.63, 3.8) is 0 Å². The van der Waals surface area contributed by atoms with Gasteiger partial charge in [-0.15, -0.1) is 0 Å². The van der Waals surface area contributed by atoms with Crippen molar-refractivity contribution in [3.8, 4) is 27.9 Å². The first kappa shape index (κ1) is 34.0. The van der Waals surface area contributed by atoms with E-state index >= 15 is 0 Å². The van der Waals surface area contributed by atoms with E-state index in [9.17, 15) is 0 Å². The molecule has 16 aromatic rings. The van der Waals surface area contributed by atoms with Gasteiger partial charge >= 0.3 is 0 Å². The summed E-state index contributed by atoms with van der Waals surface area (Å²) in [6.45, 7) is 0. The van der Waals surface area contributed by atoms with Gasteiger partial charge in [-0.25, -0.2) is 0 Å². The summed E-state index contributed by atoms with van der Waals surface area (Å²) in [7, 11) is 0. The molecule has 1 heteroatoms. The average Bonchev–Trinajstić information content (AvgIpc) is 3.99. The third-order valence-electron chi connectivity index (χ3n) is 15.1. The Hall–Kier alpha value is -8.52. The predicted molar refractivity (Wildman–Crippen MR) is 280 cm³/mol. The van der Waals surface area contributed by atoms with Gasteiger partial charge in [0.2, 0.25) is 0 Å². The van der Waals surface area contributed by atoms with Crippen LogP contribution in [-0.2, 0) is 0 Å². The lowest BCUT2D eigenvalue weighted by atomic mass is 9.85. The summed E-state index contributed by atoms with van der Waals surface area (Å²) in [6.07, 6.45) is 0. The number of hydrogen-bond acceptors (Lipinski definition) is 0. The minimum atomic E-state index is 1.17. The SMILES string of the molecule is c1ccc(-c2c3cc4c(cc3c(-c3ccccc3)c3c5cc6cc(-n7c8ccccc8c8ccccc87)ccc6c6cccc(c23)c65)c2ccc3ccc5cccc6cc4c2c3c56)cc1. The van der Waals surface area contributed by atoms with Gasteiger partial charge in [-0.3, -0.25) is 0 Å². The van der Waals surface area contributed by atoms with Crippen LogP contribution in [0.4, 0.5) is 0 Å². The Balaban J connectivity index is 1.11. The molecule has 0 aliphatic rings. The fraction of sp³-hybridized carbons (Fsp3) is 0. The lowest BCUT2D eigenvalue weighted by Crippen LogP contribution is -1.93. The molecule has 1 nitrogen and oxygen atoms in total. The molecule has 65 heavy (non-hydrogen) atoms. The van der Waals surface area contributed by atoms with Crippen LogP contribution >= 0.6 is 0 Å². The van der Waals surface area contributed by atoms with Crippen molar-refractivity contribution in [3.05, 3.63) is 212 Å². The van der Waals surface area contributed by atoms with Crippen molar-refractivity contribution in [2.45, 2.75) is 0 Å². The normalized spacial score (nSPS) is 12.6. The molecule has 0 saturated carbocycles. The number of para-hydroxylation sites is 2. The van der Waals surface area contributed by atoms with Gasteiger partial charge < -0.3 is 4.57 Å². The first-order chi connectivity index (χ1) is 32.3. The Kier molecular flexibility index (Phi) is 6.35. The smallest absolute Gasteiger partial charge is 0.0541 e. The lowest BCUT2D eigenvalue weighted by Gasteiger charge is -2.17. The monoisotopic (exact) mass is 817 g/mol. The van der Waals surface area contributed by atoms with Crippen LogP contribution in [0.15, 0.2) is 212 Å². The zero-order valence-electron chi connectivity index (χ0n) is 35.2. The summed E-state index contributed by atoms with van der Waals surface area (Å²) in [5.41, 5.74) is 8.69. The van der Waals surface area contributed by atoms with E-state index in [1.165, 1.54) is 157 Å². The molecule has 1 aromatic heterocycles. The van der Waals surface area contributed by atoms with Crippen molar-refractivity contribution in [2.24, 2.45) is 0 Å². The Labute approximate surface area is 372 Å². The highest BCUT2D eigenvalue weighted by Crippen LogP contribution is 2.55. The van der Waals surface area contributed by atoms with Crippen molar-refractivity contribution in [1.82, 2.24) is 4.57 Å². The van der Waals surface area contributed by atoms with Crippen LogP contribution in [0.5, 0.6) is 0 Å². The van der Waals surface area contributed by atoms with Crippen LogP contribution in [0.2, 0.25) is 0 Å². The van der Waals surface area contributed by atoms with Gasteiger partial charge in [0, 0.05) is 16.5 Å². The fourth-order valence-corrected chi connectivity index (χ4v) is 12.6. The molecule has 0 radical (unpaired) electrons. The molecule has 0 atom stereocenters. The van der Waals surface area contributed by atoms with Gasteiger partial charge in [0.05, 0.1) is 11.0 Å². The van der Waals surface area contributed by atoms with Crippen LogP contribution in [0.3, 0.4) is 0 Å². The van der Waals surface area contributed by atoms with E-state index in [1.807, 2.05) is 0 Å². The third-order valence-corrected chi connectivity index (χ3v) is 15.1. The van der Waals surface area contributed by atoms with Gasteiger partial charge in [-0.05, 0) is 179 Å². The average molecular weight is 818 g/mol. The van der Waals surface area contributed by atoms with Crippen LogP contribution in [0.1, 0.15) is 0 Å². The standard InChI is InChI=1S/C64H35N/c1-3-13-36(14-4-1)58-53-35-50-49(47-29-27-39-26-25-38-17-11-18-40-32-51(50)62(47)60(39)57(38)40)34-52(53)59(37-15-5-2-6-16-37)64-54-33-41-31-42(28-30-43(41)46-21-12-22-48(61(46)54)63(58)64)65-55-23-9-7-19-44(55)45-20-8-10-24-56(45)65/h1-35H. The topological polar surface area (TPSA) is 4.93 Å². The van der Waals surface area contributed by atoms with Gasteiger partial charge in [0.1, 0.15) is 0 Å². The second-order valence-corrected chi connectivity index (χ2v) is 18.3. The largest absolute Gasteiger partial charge is 0.309 e. The number of nitrogens with zero attached hydrogens (tertiary/aromatic N) is 1. The summed E-state index contributed by atoms with van der Waals surface area (Å²) in [5, 5.41) is 28.9. The van der Waals surface area contributed by atoms with Crippen LogP contribution in [0, 0.1) is 0 Å². The first-order valence-electron chi connectivity index (χ1n) is 22.8. The lowest BCUT2D eigenvalue weighted by molar-refractivity contribution is 1.19. The third kappa shape index (κ3) is 4.28. The second kappa shape index (κ2) is 12.1. The minimum Gasteiger partial charge on any atom is -0.309 e. The van der Waals surface area contributed by atoms with Crippen LogP contribution < -0.4 is 0 Å². The summed E-state index contributed by atoms with van der Waals surface area (Å²) in [5.74, 6) is 0. The van der Waals surface area contributed by atoms with Crippen molar-refractivity contribution in [2.75, 3.05) is 0 Å². The van der Waals surface area contributed by atoms with Crippen LogP contribution in [0.25, 0.3) is 157 Å². The van der Waals surface area contributed by atoms with Crippen LogP contribution in [-0.4, -0.2) is 4.57 Å². The van der Waals surface area contributed by atoms with E-state index in [0.717, 1.165) is 0 Å². The van der Waals surface area contributed by atoms with E-state index in [-0.39, 0.29) is 0 Å². The predicted octanol–water partition coefficient (Wildman–Crippen LogP) is 18.0. The van der Waals surface area contributed by atoms with Crippen molar-refractivity contribution in [1.29, 1.82) is 0 Å². The Morgan fingerprint density at radius 3 is 1.46 bits per heavy atom. The summed E-state index contributed by atoms with van der Waals surface area (Å²) in [4.78, 5) is 0. The molecule has 0 N–H and O–H groups in total. The molecule has 0 unspecified atom stereocenters. The maximum absolute atomic E-state index is 2.56. The van der Waals surface area contributed by atoms with Crippen molar-refractivity contribution >= 4 is 130 Å². The number of fused-ring (bicyclic) bond motifs is 12. The Bertz CT molecular complexity index is 4620. The molecule has 0 spiro atoms. The maximum atomic E-state index is 2.56.